The van der Waals surface area contributed by atoms with Crippen molar-refractivity contribution in [2.75, 3.05) is 33.9 Å². The molecule has 2 N–H and O–H groups in total. The molecule has 3 aromatic carbocycles. The Morgan fingerprint density at radius 2 is 1.66 bits per heavy atom. The Bertz CT molecular complexity index is 1740. The summed E-state index contributed by atoms with van der Waals surface area (Å²) in [6.45, 7) is 7.47. The van der Waals surface area contributed by atoms with Crippen molar-refractivity contribution in [3.63, 3.8) is 0 Å². The lowest BCUT2D eigenvalue weighted by Crippen LogP contribution is -2.53. The predicted octanol–water partition coefficient (Wildman–Crippen LogP) is 6.57. The molecular formula is C35H36F3N3O6. The highest BCUT2D eigenvalue weighted by Gasteiger charge is 2.57. The van der Waals surface area contributed by atoms with Crippen LogP contribution >= 0.6 is 0 Å². The molecule has 1 atom stereocenters. The molecule has 0 spiro atoms. The molecule has 47 heavy (non-hydrogen) atoms. The van der Waals surface area contributed by atoms with E-state index in [-0.39, 0.29) is 55.2 Å². The van der Waals surface area contributed by atoms with Crippen LogP contribution in [0.4, 0.5) is 18.9 Å². The van der Waals surface area contributed by atoms with Gasteiger partial charge in [0, 0.05) is 55.3 Å². The van der Waals surface area contributed by atoms with E-state index in [2.05, 4.69) is 4.85 Å². The Hall–Kier alpha value is -4.73. The number of carbonyl (C=O) groups is 1. The van der Waals surface area contributed by atoms with E-state index in [1.165, 1.54) is 32.5 Å². The van der Waals surface area contributed by atoms with Gasteiger partial charge in [-0.2, -0.15) is 13.2 Å². The van der Waals surface area contributed by atoms with Crippen LogP contribution in [-0.4, -0.2) is 71.8 Å². The van der Waals surface area contributed by atoms with E-state index in [0.717, 1.165) is 5.56 Å². The van der Waals surface area contributed by atoms with Gasteiger partial charge in [0.15, 0.2) is 17.2 Å². The van der Waals surface area contributed by atoms with Crippen molar-refractivity contribution in [2.24, 2.45) is 0 Å². The average Bonchev–Trinajstić information content (AvgIpc) is 3.42. The summed E-state index contributed by atoms with van der Waals surface area (Å²) in [5.41, 5.74) is -1.15. The number of β-amino-alcohol motifs (C(OH)–C–C–N with tert-alkyl or cyclic N) is 1. The minimum Gasteiger partial charge on any atom is -0.493 e. The number of hydrogen-bond acceptors (Lipinski definition) is 6. The number of halogens is 3. The summed E-state index contributed by atoms with van der Waals surface area (Å²) in [5.74, 6) is 0.141. The number of hydrogen-bond donors (Lipinski definition) is 2. The van der Waals surface area contributed by atoms with Crippen LogP contribution in [0.3, 0.4) is 0 Å². The summed E-state index contributed by atoms with van der Waals surface area (Å²) in [5, 5.41) is 20.9. The third kappa shape index (κ3) is 7.32. The molecule has 248 valence electrons. The number of fused-ring (bicyclic) bond motifs is 1. The van der Waals surface area contributed by atoms with Crippen LogP contribution in [0.2, 0.25) is 0 Å². The second-order valence-electron chi connectivity index (χ2n) is 11.6. The van der Waals surface area contributed by atoms with Crippen LogP contribution in [0.15, 0.2) is 66.9 Å². The molecule has 1 aliphatic heterocycles. The number of aromatic nitrogens is 1. The topological polar surface area (TPSA) is 97.8 Å². The number of carboxylic acid groups (broad SMARTS) is 1. The van der Waals surface area contributed by atoms with Crippen molar-refractivity contribution < 1.29 is 42.4 Å². The number of aliphatic hydroxyl groups is 1. The number of methoxy groups -OCH3 is 2. The number of likely N-dealkylation sites (tertiary alicyclic amines) is 1. The molecule has 0 bridgehead atoms. The monoisotopic (exact) mass is 651 g/mol. The number of alkyl halides is 3. The SMILES string of the molecule is [C-]#[N+]c1ccc2c(C(O)(CN3CCC(Oc4c(OC)cc(CCC(=O)O)cc4OC)CC3)C(F)(F)F)cn(Cc3ccccc3)c2c1. The first-order chi connectivity index (χ1) is 22.4. The highest BCUT2D eigenvalue weighted by atomic mass is 19.4. The van der Waals surface area contributed by atoms with Gasteiger partial charge in [-0.05, 0) is 48.6 Å². The first-order valence-electron chi connectivity index (χ1n) is 15.1. The zero-order chi connectivity index (χ0) is 33.8. The first kappa shape index (κ1) is 33.6. The summed E-state index contributed by atoms with van der Waals surface area (Å²) in [6.07, 6.45) is -3.03. The second kappa shape index (κ2) is 13.9. The van der Waals surface area contributed by atoms with Crippen LogP contribution in [0, 0.1) is 6.57 Å². The van der Waals surface area contributed by atoms with Crippen LogP contribution in [0.25, 0.3) is 15.7 Å². The Morgan fingerprint density at radius 1 is 1.00 bits per heavy atom. The summed E-state index contributed by atoms with van der Waals surface area (Å²) < 4.78 is 63.6. The molecule has 12 heteroatoms. The summed E-state index contributed by atoms with van der Waals surface area (Å²) >= 11 is 0. The molecule has 0 amide bonds. The summed E-state index contributed by atoms with van der Waals surface area (Å²) in [4.78, 5) is 16.1. The quantitative estimate of drug-likeness (QED) is 0.167. The molecule has 2 heterocycles. The second-order valence-corrected chi connectivity index (χ2v) is 11.6. The van der Waals surface area contributed by atoms with E-state index in [1.54, 1.807) is 27.7 Å². The molecule has 0 aliphatic carbocycles. The van der Waals surface area contributed by atoms with Crippen LogP contribution in [0.1, 0.15) is 36.0 Å². The van der Waals surface area contributed by atoms with Crippen molar-refractivity contribution in [2.45, 2.75) is 50.1 Å². The van der Waals surface area contributed by atoms with Gasteiger partial charge in [-0.1, -0.05) is 42.5 Å². The van der Waals surface area contributed by atoms with Crippen molar-refractivity contribution in [3.05, 3.63) is 95.0 Å². The zero-order valence-corrected chi connectivity index (χ0v) is 26.1. The molecule has 1 aromatic heterocycles. The highest BCUT2D eigenvalue weighted by molar-refractivity contribution is 5.88. The molecule has 1 aliphatic rings. The van der Waals surface area contributed by atoms with Gasteiger partial charge in [-0.3, -0.25) is 9.69 Å². The number of piperidine rings is 1. The van der Waals surface area contributed by atoms with Gasteiger partial charge in [-0.15, -0.1) is 0 Å². The molecule has 0 saturated carbocycles. The lowest BCUT2D eigenvalue weighted by atomic mass is 9.91. The lowest BCUT2D eigenvalue weighted by Gasteiger charge is -2.39. The number of aryl methyl sites for hydroxylation is 1. The minimum absolute atomic E-state index is 0.0647. The molecule has 1 saturated heterocycles. The number of nitrogens with zero attached hydrogens (tertiary/aromatic N) is 3. The Balaban J connectivity index is 1.37. The first-order valence-corrected chi connectivity index (χ1v) is 15.1. The van der Waals surface area contributed by atoms with Gasteiger partial charge in [0.05, 0.1) is 20.8 Å². The Labute approximate surface area is 270 Å². The normalized spacial score (nSPS) is 15.6. The number of benzene rings is 3. The van der Waals surface area contributed by atoms with Crippen molar-refractivity contribution in [1.29, 1.82) is 0 Å². The number of aliphatic carboxylic acids is 1. The number of ether oxygens (including phenoxy) is 3. The number of carboxylic acids is 1. The van der Waals surface area contributed by atoms with Crippen molar-refractivity contribution in [1.82, 2.24) is 9.47 Å². The summed E-state index contributed by atoms with van der Waals surface area (Å²) in [6, 6.07) is 17.1. The minimum atomic E-state index is -4.99. The Morgan fingerprint density at radius 3 is 2.23 bits per heavy atom. The maximum atomic E-state index is 14.9. The lowest BCUT2D eigenvalue weighted by molar-refractivity contribution is -0.272. The van der Waals surface area contributed by atoms with E-state index in [9.17, 15) is 23.1 Å². The van der Waals surface area contributed by atoms with Gasteiger partial charge in [0.2, 0.25) is 11.4 Å². The van der Waals surface area contributed by atoms with E-state index >= 15 is 0 Å². The zero-order valence-electron chi connectivity index (χ0n) is 26.1. The van der Waals surface area contributed by atoms with Crippen molar-refractivity contribution >= 4 is 22.6 Å². The molecule has 9 nitrogen and oxygen atoms in total. The van der Waals surface area contributed by atoms with E-state index in [4.69, 9.17) is 25.9 Å². The molecule has 0 radical (unpaired) electrons. The average molecular weight is 652 g/mol. The standard InChI is InChI=1S/C35H36F3N3O6/c1-39-25-10-11-27-28(21-41(29(27)19-25)20-23-7-5-4-6-8-23)34(44,35(36,37)38)22-40-15-13-26(14-16-40)47-33-30(45-2)17-24(9-12-32(42)43)18-31(33)46-3/h4-8,10-11,17-19,21,26,44H,9,12-16,20,22H2,2-3H3,(H,42,43). The number of rotatable bonds is 12. The third-order valence-electron chi connectivity index (χ3n) is 8.52. The molecule has 1 fully saturated rings. The molecule has 1 unspecified atom stereocenters. The maximum absolute atomic E-state index is 14.9. The van der Waals surface area contributed by atoms with Gasteiger partial charge >= 0.3 is 12.1 Å². The fraction of sp³-hybridized carbons (Fsp3) is 0.371. The third-order valence-corrected chi connectivity index (χ3v) is 8.52. The molecule has 5 rings (SSSR count). The molecule has 4 aromatic rings. The molecular weight excluding hydrogens is 615 g/mol. The smallest absolute Gasteiger partial charge is 0.422 e. The largest absolute Gasteiger partial charge is 0.493 e. The van der Waals surface area contributed by atoms with Gasteiger partial charge in [0.1, 0.15) is 6.10 Å². The van der Waals surface area contributed by atoms with Crippen LogP contribution in [0.5, 0.6) is 17.2 Å². The Kier molecular flexibility index (Phi) is 9.98. The van der Waals surface area contributed by atoms with E-state index in [0.29, 0.717) is 41.2 Å². The van der Waals surface area contributed by atoms with Crippen LogP contribution < -0.4 is 14.2 Å². The van der Waals surface area contributed by atoms with Gasteiger partial charge < -0.3 is 29.0 Å². The van der Waals surface area contributed by atoms with Crippen LogP contribution in [-0.2, 0) is 23.4 Å². The fourth-order valence-electron chi connectivity index (χ4n) is 6.04. The van der Waals surface area contributed by atoms with Gasteiger partial charge in [-0.25, -0.2) is 4.85 Å². The van der Waals surface area contributed by atoms with E-state index in [1.807, 2.05) is 30.3 Å². The highest BCUT2D eigenvalue weighted by Crippen LogP contribution is 2.45. The fourth-order valence-corrected chi connectivity index (χ4v) is 6.04. The maximum Gasteiger partial charge on any atom is 0.422 e. The van der Waals surface area contributed by atoms with E-state index < -0.39 is 24.3 Å². The predicted molar refractivity (Wildman–Crippen MR) is 169 cm³/mol. The van der Waals surface area contributed by atoms with Gasteiger partial charge in [0.25, 0.3) is 0 Å². The van der Waals surface area contributed by atoms with Crippen molar-refractivity contribution in [3.8, 4) is 17.2 Å². The summed E-state index contributed by atoms with van der Waals surface area (Å²) in [7, 11) is 2.92.